The van der Waals surface area contributed by atoms with E-state index in [4.69, 9.17) is 0 Å². The highest BCUT2D eigenvalue weighted by molar-refractivity contribution is 5.46. The fraction of sp³-hybridized carbons (Fsp3) is 0.417. The first-order valence-corrected chi connectivity index (χ1v) is 5.01. The van der Waals surface area contributed by atoms with Crippen LogP contribution in [0.3, 0.4) is 0 Å². The van der Waals surface area contributed by atoms with E-state index >= 15 is 0 Å². The summed E-state index contributed by atoms with van der Waals surface area (Å²) in [6.45, 7) is 4.25. The van der Waals surface area contributed by atoms with Crippen molar-refractivity contribution in [2.24, 2.45) is 10.9 Å². The van der Waals surface area contributed by atoms with Gasteiger partial charge in [0.1, 0.15) is 0 Å². The first-order chi connectivity index (χ1) is 7.25. The van der Waals surface area contributed by atoms with Crippen molar-refractivity contribution in [1.29, 1.82) is 0 Å². The molecule has 0 aliphatic rings. The maximum atomic E-state index is 4.64. The van der Waals surface area contributed by atoms with Crippen LogP contribution in [-0.2, 0) is 9.78 Å². The quantitative estimate of drug-likeness (QED) is 0.321. The lowest BCUT2D eigenvalue weighted by atomic mass is 9.97. The molecule has 0 heterocycles. The van der Waals surface area contributed by atoms with E-state index in [1.807, 2.05) is 18.2 Å². The van der Waals surface area contributed by atoms with Crippen molar-refractivity contribution in [3.05, 3.63) is 35.9 Å². The van der Waals surface area contributed by atoms with Gasteiger partial charge in [0, 0.05) is 0 Å². The minimum Gasteiger partial charge on any atom is -0.326 e. The molecule has 0 aromatic heterocycles. The van der Waals surface area contributed by atoms with Crippen LogP contribution in [0.5, 0.6) is 0 Å². The molecule has 1 rings (SSSR count). The molecule has 3 heteroatoms. The molecule has 3 nitrogen and oxygen atoms in total. The SMILES string of the molecule is COO/C=N/[C@H](c1ccccc1)C(C)C. The zero-order chi connectivity index (χ0) is 11.1. The Bertz CT molecular complexity index is 296. The Morgan fingerprint density at radius 2 is 1.87 bits per heavy atom. The van der Waals surface area contributed by atoms with Crippen molar-refractivity contribution in [1.82, 2.24) is 0 Å². The van der Waals surface area contributed by atoms with E-state index in [1.165, 1.54) is 19.1 Å². The Labute approximate surface area is 90.7 Å². The van der Waals surface area contributed by atoms with Crippen LogP contribution in [0.2, 0.25) is 0 Å². The van der Waals surface area contributed by atoms with Crippen LogP contribution in [-0.4, -0.2) is 13.5 Å². The molecule has 0 aliphatic heterocycles. The molecule has 1 atom stereocenters. The smallest absolute Gasteiger partial charge is 0.215 e. The first-order valence-electron chi connectivity index (χ1n) is 5.01. The van der Waals surface area contributed by atoms with Crippen LogP contribution < -0.4 is 0 Å². The third-order valence-corrected chi connectivity index (χ3v) is 2.13. The minimum atomic E-state index is 0.112. The highest BCUT2D eigenvalue weighted by Crippen LogP contribution is 2.24. The van der Waals surface area contributed by atoms with Crippen LogP contribution in [0.15, 0.2) is 35.3 Å². The average Bonchev–Trinajstić information content (AvgIpc) is 2.25. The Hall–Kier alpha value is -1.35. The lowest BCUT2D eigenvalue weighted by molar-refractivity contribution is -0.188. The highest BCUT2D eigenvalue weighted by atomic mass is 17.2. The summed E-state index contributed by atoms with van der Waals surface area (Å²) in [6, 6.07) is 10.3. The second kappa shape index (κ2) is 6.19. The van der Waals surface area contributed by atoms with Gasteiger partial charge in [-0.05, 0) is 11.5 Å². The number of benzene rings is 1. The molecule has 1 aromatic carbocycles. The van der Waals surface area contributed by atoms with Gasteiger partial charge in [0.05, 0.1) is 13.2 Å². The molecular weight excluding hydrogens is 190 g/mol. The molecule has 82 valence electrons. The largest absolute Gasteiger partial charge is 0.326 e. The summed E-state index contributed by atoms with van der Waals surface area (Å²) in [7, 11) is 1.46. The molecule has 15 heavy (non-hydrogen) atoms. The van der Waals surface area contributed by atoms with E-state index in [0.29, 0.717) is 5.92 Å². The summed E-state index contributed by atoms with van der Waals surface area (Å²) in [5.41, 5.74) is 1.18. The maximum Gasteiger partial charge on any atom is 0.215 e. The fourth-order valence-electron chi connectivity index (χ4n) is 1.43. The Morgan fingerprint density at radius 3 is 2.40 bits per heavy atom. The van der Waals surface area contributed by atoms with E-state index < -0.39 is 0 Å². The molecule has 0 unspecified atom stereocenters. The van der Waals surface area contributed by atoms with Crippen LogP contribution in [0.4, 0.5) is 0 Å². The zero-order valence-electron chi connectivity index (χ0n) is 9.38. The topological polar surface area (TPSA) is 30.8 Å². The molecule has 0 spiro atoms. The summed E-state index contributed by atoms with van der Waals surface area (Å²) in [5.74, 6) is 0.420. The second-order valence-electron chi connectivity index (χ2n) is 3.62. The van der Waals surface area contributed by atoms with E-state index in [9.17, 15) is 0 Å². The van der Waals surface area contributed by atoms with Crippen LogP contribution in [0, 0.1) is 5.92 Å². The van der Waals surface area contributed by atoms with Crippen molar-refractivity contribution in [3.8, 4) is 0 Å². The molecule has 0 bridgehead atoms. The van der Waals surface area contributed by atoms with E-state index in [2.05, 4.69) is 40.7 Å². The van der Waals surface area contributed by atoms with Crippen molar-refractivity contribution in [2.75, 3.05) is 7.11 Å². The molecule has 1 aromatic rings. The number of hydrogen-bond donors (Lipinski definition) is 0. The van der Waals surface area contributed by atoms with Gasteiger partial charge in [0.25, 0.3) is 0 Å². The first kappa shape index (κ1) is 11.7. The predicted octanol–water partition coefficient (Wildman–Crippen LogP) is 2.99. The minimum absolute atomic E-state index is 0.112. The lowest BCUT2D eigenvalue weighted by Gasteiger charge is -2.15. The number of aliphatic imine (C=N–C) groups is 1. The van der Waals surface area contributed by atoms with Crippen LogP contribution in [0.25, 0.3) is 0 Å². The third-order valence-electron chi connectivity index (χ3n) is 2.13. The molecule has 0 fully saturated rings. The summed E-state index contributed by atoms with van der Waals surface area (Å²) in [4.78, 5) is 13.4. The standard InChI is InChI=1S/C12H17NO2/c1-10(2)12(13-9-15-14-3)11-7-5-4-6-8-11/h4-10,12H,1-3H3/b13-9+/t12-/m0/s1. The zero-order valence-corrected chi connectivity index (χ0v) is 9.38. The summed E-state index contributed by atoms with van der Waals surface area (Å²) < 4.78 is 0. The molecule has 0 amide bonds. The van der Waals surface area contributed by atoms with Gasteiger partial charge >= 0.3 is 0 Å². The monoisotopic (exact) mass is 207 g/mol. The maximum absolute atomic E-state index is 4.64. The average molecular weight is 207 g/mol. The summed E-state index contributed by atoms with van der Waals surface area (Å²) in [6.07, 6.45) is 1.34. The molecular formula is C12H17NO2. The van der Waals surface area contributed by atoms with E-state index in [0.717, 1.165) is 0 Å². The lowest BCUT2D eigenvalue weighted by Crippen LogP contribution is -2.04. The van der Waals surface area contributed by atoms with Gasteiger partial charge in [-0.2, -0.15) is 4.89 Å². The fourth-order valence-corrected chi connectivity index (χ4v) is 1.43. The Kier molecular flexibility index (Phi) is 4.84. The third kappa shape index (κ3) is 3.72. The number of nitrogens with zero attached hydrogens (tertiary/aromatic N) is 1. The molecule has 0 saturated heterocycles. The van der Waals surface area contributed by atoms with Crippen molar-refractivity contribution >= 4 is 6.40 Å². The van der Waals surface area contributed by atoms with Gasteiger partial charge in [-0.1, -0.05) is 44.2 Å². The van der Waals surface area contributed by atoms with Gasteiger partial charge < -0.3 is 4.89 Å². The van der Waals surface area contributed by atoms with E-state index in [-0.39, 0.29) is 6.04 Å². The molecule has 0 aliphatic carbocycles. The predicted molar refractivity (Wildman–Crippen MR) is 60.6 cm³/mol. The van der Waals surface area contributed by atoms with Gasteiger partial charge in [-0.3, -0.25) is 0 Å². The molecule has 0 N–H and O–H groups in total. The van der Waals surface area contributed by atoms with Gasteiger partial charge in [-0.25, -0.2) is 4.99 Å². The van der Waals surface area contributed by atoms with Crippen molar-refractivity contribution in [3.63, 3.8) is 0 Å². The van der Waals surface area contributed by atoms with Crippen molar-refractivity contribution in [2.45, 2.75) is 19.9 Å². The number of hydrogen-bond acceptors (Lipinski definition) is 3. The Morgan fingerprint density at radius 1 is 1.20 bits per heavy atom. The Balaban J connectivity index is 2.75. The summed E-state index contributed by atoms with van der Waals surface area (Å²) in [5, 5.41) is 0. The van der Waals surface area contributed by atoms with E-state index in [1.54, 1.807) is 0 Å². The highest BCUT2D eigenvalue weighted by Gasteiger charge is 2.13. The van der Waals surface area contributed by atoms with Gasteiger partial charge in [0.2, 0.25) is 6.40 Å². The summed E-state index contributed by atoms with van der Waals surface area (Å²) >= 11 is 0. The molecule has 0 saturated carbocycles. The second-order valence-corrected chi connectivity index (χ2v) is 3.62. The van der Waals surface area contributed by atoms with Gasteiger partial charge in [-0.15, -0.1) is 0 Å². The van der Waals surface area contributed by atoms with Crippen LogP contribution >= 0.6 is 0 Å². The normalized spacial score (nSPS) is 13.3. The molecule has 0 radical (unpaired) electrons. The number of rotatable bonds is 5. The van der Waals surface area contributed by atoms with Crippen LogP contribution in [0.1, 0.15) is 25.5 Å². The van der Waals surface area contributed by atoms with Gasteiger partial charge in [0.15, 0.2) is 0 Å². The van der Waals surface area contributed by atoms with Crippen molar-refractivity contribution < 1.29 is 9.78 Å².